The van der Waals surface area contributed by atoms with Crippen molar-refractivity contribution >= 4 is 28.2 Å². The van der Waals surface area contributed by atoms with E-state index in [-0.39, 0.29) is 24.5 Å². The molecule has 0 fully saturated rings. The van der Waals surface area contributed by atoms with Crippen LogP contribution < -0.4 is 10.1 Å². The van der Waals surface area contributed by atoms with Crippen LogP contribution in [0.15, 0.2) is 42.5 Å². The molecule has 1 N–H and O–H groups in total. The predicted molar refractivity (Wildman–Crippen MR) is 131 cm³/mol. The van der Waals surface area contributed by atoms with Gasteiger partial charge in [0.05, 0.1) is 12.3 Å². The maximum absolute atomic E-state index is 12.5. The van der Waals surface area contributed by atoms with Crippen LogP contribution in [0.3, 0.4) is 0 Å². The highest BCUT2D eigenvalue weighted by molar-refractivity contribution is 7.16. The second-order valence-electron chi connectivity index (χ2n) is 7.79. The van der Waals surface area contributed by atoms with Gasteiger partial charge in [0, 0.05) is 28.8 Å². The first-order valence-electron chi connectivity index (χ1n) is 11.0. The van der Waals surface area contributed by atoms with Gasteiger partial charge >= 0.3 is 0 Å². The summed E-state index contributed by atoms with van der Waals surface area (Å²) in [5.41, 5.74) is 4.98. The molecule has 0 saturated heterocycles. The maximum atomic E-state index is 12.5. The number of hydrogen-bond acceptors (Lipinski definition) is 5. The highest BCUT2D eigenvalue weighted by Gasteiger charge is 2.17. The average Bonchev–Trinajstić information content (AvgIpc) is 3.16. The van der Waals surface area contributed by atoms with Crippen LogP contribution in [0.5, 0.6) is 5.75 Å². The monoisotopic (exact) mass is 450 g/mol. The topological polar surface area (TPSA) is 68.3 Å². The number of amides is 1. The molecule has 0 aliphatic carbocycles. The number of aryl methyl sites for hydroxylation is 3. The van der Waals surface area contributed by atoms with Crippen LogP contribution >= 0.6 is 11.3 Å². The van der Waals surface area contributed by atoms with Gasteiger partial charge < -0.3 is 10.1 Å². The zero-order chi connectivity index (χ0) is 23.1. The van der Waals surface area contributed by atoms with E-state index in [4.69, 9.17) is 9.72 Å². The molecule has 32 heavy (non-hydrogen) atoms. The smallest absolute Gasteiger partial charge is 0.226 e. The Labute approximate surface area is 193 Å². The van der Waals surface area contributed by atoms with Crippen LogP contribution in [-0.4, -0.2) is 23.3 Å². The van der Waals surface area contributed by atoms with Gasteiger partial charge in [0.1, 0.15) is 5.75 Å². The number of aromatic nitrogens is 1. The fourth-order valence-corrected chi connectivity index (χ4v) is 4.55. The van der Waals surface area contributed by atoms with Crippen LogP contribution in [0.4, 0.5) is 5.13 Å². The molecular weight excluding hydrogens is 420 g/mol. The summed E-state index contributed by atoms with van der Waals surface area (Å²) < 4.78 is 5.40. The van der Waals surface area contributed by atoms with Crippen molar-refractivity contribution in [1.82, 2.24) is 4.98 Å². The number of anilines is 1. The molecule has 1 heterocycles. The lowest BCUT2D eigenvalue weighted by molar-refractivity contribution is -0.116. The van der Waals surface area contributed by atoms with Gasteiger partial charge in [-0.1, -0.05) is 31.0 Å². The molecule has 0 unspecified atom stereocenters. The minimum absolute atomic E-state index is 0.0647. The standard InChI is InChI=1S/C26H30N2O3S/c1-5-7-23-25(21-16-17(3)8-9-18(21)4)28-26(32-23)27-24(30)15-14-22(29)19-10-12-20(13-11-19)31-6-2/h8-13,16H,5-7,14-15H2,1-4H3,(H,27,28,30). The van der Waals surface area contributed by atoms with Crippen molar-refractivity contribution in [2.24, 2.45) is 0 Å². The molecule has 5 nitrogen and oxygen atoms in total. The maximum Gasteiger partial charge on any atom is 0.226 e. The molecular formula is C26H30N2O3S. The van der Waals surface area contributed by atoms with Crippen LogP contribution in [0.1, 0.15) is 59.5 Å². The van der Waals surface area contributed by atoms with E-state index in [0.717, 1.165) is 35.4 Å². The van der Waals surface area contributed by atoms with E-state index in [1.54, 1.807) is 24.3 Å². The molecule has 3 aromatic rings. The van der Waals surface area contributed by atoms with Crippen molar-refractivity contribution in [2.45, 2.75) is 53.4 Å². The molecule has 3 rings (SSSR count). The van der Waals surface area contributed by atoms with E-state index in [0.29, 0.717) is 17.3 Å². The summed E-state index contributed by atoms with van der Waals surface area (Å²) >= 11 is 1.52. The van der Waals surface area contributed by atoms with Crippen LogP contribution in [-0.2, 0) is 11.2 Å². The van der Waals surface area contributed by atoms with Gasteiger partial charge in [0.15, 0.2) is 10.9 Å². The Hall–Kier alpha value is -2.99. The van der Waals surface area contributed by atoms with Crippen molar-refractivity contribution < 1.29 is 14.3 Å². The average molecular weight is 451 g/mol. The molecule has 0 radical (unpaired) electrons. The normalized spacial score (nSPS) is 10.8. The minimum Gasteiger partial charge on any atom is -0.494 e. The summed E-state index contributed by atoms with van der Waals surface area (Å²) in [6.07, 6.45) is 2.18. The quantitative estimate of drug-likeness (QED) is 0.364. The third-order valence-corrected chi connectivity index (χ3v) is 6.17. The summed E-state index contributed by atoms with van der Waals surface area (Å²) in [4.78, 5) is 30.9. The molecule has 0 spiro atoms. The lowest BCUT2D eigenvalue weighted by Gasteiger charge is -2.06. The predicted octanol–water partition coefficient (Wildman–Crippen LogP) is 6.38. The fraction of sp³-hybridized carbons (Fsp3) is 0.346. The van der Waals surface area contributed by atoms with E-state index in [2.05, 4.69) is 44.3 Å². The van der Waals surface area contributed by atoms with Gasteiger partial charge in [-0.15, -0.1) is 11.3 Å². The van der Waals surface area contributed by atoms with Crippen LogP contribution in [0.2, 0.25) is 0 Å². The molecule has 0 atom stereocenters. The largest absolute Gasteiger partial charge is 0.494 e. The van der Waals surface area contributed by atoms with E-state index < -0.39 is 0 Å². The van der Waals surface area contributed by atoms with E-state index in [1.165, 1.54) is 21.8 Å². The van der Waals surface area contributed by atoms with Crippen LogP contribution in [0, 0.1) is 13.8 Å². The number of ketones is 1. The Kier molecular flexibility index (Phi) is 8.17. The lowest BCUT2D eigenvalue weighted by Crippen LogP contribution is -2.13. The number of nitrogens with one attached hydrogen (secondary N) is 1. The summed E-state index contributed by atoms with van der Waals surface area (Å²) in [6, 6.07) is 13.4. The van der Waals surface area contributed by atoms with E-state index in [9.17, 15) is 9.59 Å². The van der Waals surface area contributed by atoms with E-state index in [1.807, 2.05) is 6.92 Å². The number of thiazole rings is 1. The Bertz CT molecular complexity index is 1090. The number of ether oxygens (including phenoxy) is 1. The van der Waals surface area contributed by atoms with Gasteiger partial charge in [0.25, 0.3) is 0 Å². The van der Waals surface area contributed by atoms with Gasteiger partial charge in [-0.25, -0.2) is 4.98 Å². The number of benzene rings is 2. The first-order chi connectivity index (χ1) is 15.4. The summed E-state index contributed by atoms with van der Waals surface area (Å²) in [5.74, 6) is 0.465. The third-order valence-electron chi connectivity index (χ3n) is 5.14. The molecule has 0 bridgehead atoms. The molecule has 6 heteroatoms. The number of carbonyl (C=O) groups excluding carboxylic acids is 2. The van der Waals surface area contributed by atoms with E-state index >= 15 is 0 Å². The summed E-state index contributed by atoms with van der Waals surface area (Å²) in [6.45, 7) is 8.77. The Morgan fingerprint density at radius 3 is 2.47 bits per heavy atom. The number of hydrogen-bond donors (Lipinski definition) is 1. The first kappa shape index (κ1) is 23.7. The van der Waals surface area contributed by atoms with Crippen molar-refractivity contribution in [1.29, 1.82) is 0 Å². The second-order valence-corrected chi connectivity index (χ2v) is 8.87. The fourth-order valence-electron chi connectivity index (χ4n) is 3.46. The molecule has 168 valence electrons. The van der Waals surface area contributed by atoms with Crippen molar-refractivity contribution in [3.8, 4) is 17.0 Å². The Morgan fingerprint density at radius 1 is 1.03 bits per heavy atom. The number of rotatable bonds is 10. The van der Waals surface area contributed by atoms with Gasteiger partial charge in [-0.2, -0.15) is 0 Å². The number of carbonyl (C=O) groups is 2. The number of nitrogens with zero attached hydrogens (tertiary/aromatic N) is 1. The molecule has 2 aromatic carbocycles. The molecule has 0 saturated carbocycles. The van der Waals surface area contributed by atoms with Crippen molar-refractivity contribution in [2.75, 3.05) is 11.9 Å². The molecule has 1 amide bonds. The SMILES string of the molecule is CCCc1sc(NC(=O)CCC(=O)c2ccc(OCC)cc2)nc1-c1cc(C)ccc1C. The second kappa shape index (κ2) is 11.0. The highest BCUT2D eigenvalue weighted by Crippen LogP contribution is 2.34. The lowest BCUT2D eigenvalue weighted by atomic mass is 10.0. The van der Waals surface area contributed by atoms with Crippen LogP contribution in [0.25, 0.3) is 11.3 Å². The zero-order valence-corrected chi connectivity index (χ0v) is 20.0. The minimum atomic E-state index is -0.200. The molecule has 1 aromatic heterocycles. The van der Waals surface area contributed by atoms with Crippen molar-refractivity contribution in [3.63, 3.8) is 0 Å². The van der Waals surface area contributed by atoms with Gasteiger partial charge in [-0.3, -0.25) is 9.59 Å². The highest BCUT2D eigenvalue weighted by atomic mass is 32.1. The Morgan fingerprint density at radius 2 is 1.78 bits per heavy atom. The first-order valence-corrected chi connectivity index (χ1v) is 11.9. The van der Waals surface area contributed by atoms with Crippen molar-refractivity contribution in [3.05, 3.63) is 64.0 Å². The number of Topliss-reactive ketones (excluding diaryl/α,β-unsaturated/α-hetero) is 1. The molecule has 0 aliphatic rings. The van der Waals surface area contributed by atoms with Gasteiger partial charge in [0.2, 0.25) is 5.91 Å². The summed E-state index contributed by atoms with van der Waals surface area (Å²) in [5, 5.41) is 3.48. The Balaban J connectivity index is 1.65. The zero-order valence-electron chi connectivity index (χ0n) is 19.2. The summed E-state index contributed by atoms with van der Waals surface area (Å²) in [7, 11) is 0. The molecule has 0 aliphatic heterocycles. The van der Waals surface area contributed by atoms with Gasteiger partial charge in [-0.05, 0) is 63.1 Å². The third kappa shape index (κ3) is 6.04.